The molecule has 0 saturated heterocycles. The molecule has 2 aromatic heterocycles. The van der Waals surface area contributed by atoms with Crippen LogP contribution in [0.3, 0.4) is 0 Å². The normalized spacial score (nSPS) is 10.8. The first kappa shape index (κ1) is 15.9. The predicted octanol–water partition coefficient (Wildman–Crippen LogP) is 5.50. The molecule has 1 N–H and O–H groups in total. The van der Waals surface area contributed by atoms with E-state index in [1.807, 2.05) is 0 Å². The standard InChI is InChI=1S/C14H17Br2N3S/c1-3-5-9-7-12(17-6-4-2)19-14(18-9)11-8-10(15)13(16)20-11/h7-8H,3-6H2,1-2H3,(H,17,18,19). The van der Waals surface area contributed by atoms with Crippen LogP contribution < -0.4 is 5.32 Å². The van der Waals surface area contributed by atoms with Crippen molar-refractivity contribution in [3.63, 3.8) is 0 Å². The van der Waals surface area contributed by atoms with Crippen molar-refractivity contribution in [3.8, 4) is 10.7 Å². The van der Waals surface area contributed by atoms with Crippen LogP contribution in [-0.4, -0.2) is 16.5 Å². The van der Waals surface area contributed by atoms with Crippen LogP contribution in [0.15, 0.2) is 20.4 Å². The van der Waals surface area contributed by atoms with E-state index in [0.717, 1.165) is 56.3 Å². The Hall–Kier alpha value is -0.460. The smallest absolute Gasteiger partial charge is 0.171 e. The first-order chi connectivity index (χ1) is 9.63. The number of hydrogen-bond acceptors (Lipinski definition) is 4. The number of anilines is 1. The third-order valence-electron chi connectivity index (χ3n) is 2.71. The SMILES string of the molecule is CCCNc1cc(CCC)nc(-c2cc(Br)c(Br)s2)n1. The molecule has 108 valence electrons. The molecule has 0 spiro atoms. The van der Waals surface area contributed by atoms with E-state index in [0.29, 0.717) is 0 Å². The molecule has 0 aliphatic rings. The van der Waals surface area contributed by atoms with Gasteiger partial charge in [0.25, 0.3) is 0 Å². The monoisotopic (exact) mass is 417 g/mol. The largest absolute Gasteiger partial charge is 0.370 e. The fourth-order valence-electron chi connectivity index (χ4n) is 1.79. The minimum absolute atomic E-state index is 0.797. The van der Waals surface area contributed by atoms with E-state index in [-0.39, 0.29) is 0 Å². The molecule has 6 heteroatoms. The van der Waals surface area contributed by atoms with Gasteiger partial charge in [-0.3, -0.25) is 0 Å². The molecule has 2 rings (SSSR count). The highest BCUT2D eigenvalue weighted by Gasteiger charge is 2.11. The van der Waals surface area contributed by atoms with Crippen LogP contribution in [0.2, 0.25) is 0 Å². The first-order valence-corrected chi connectivity index (χ1v) is 9.11. The molecule has 3 nitrogen and oxygen atoms in total. The minimum Gasteiger partial charge on any atom is -0.370 e. The molecule has 0 radical (unpaired) electrons. The Morgan fingerprint density at radius 3 is 2.55 bits per heavy atom. The fourth-order valence-corrected chi connectivity index (χ4v) is 3.76. The van der Waals surface area contributed by atoms with Crippen molar-refractivity contribution in [1.82, 2.24) is 9.97 Å². The average Bonchev–Trinajstić information content (AvgIpc) is 2.77. The third kappa shape index (κ3) is 4.02. The van der Waals surface area contributed by atoms with Crippen molar-refractivity contribution in [2.75, 3.05) is 11.9 Å². The number of aromatic nitrogens is 2. The van der Waals surface area contributed by atoms with Crippen molar-refractivity contribution in [1.29, 1.82) is 0 Å². The molecule has 0 atom stereocenters. The second-order valence-corrected chi connectivity index (χ2v) is 7.70. The third-order valence-corrected chi connectivity index (χ3v) is 5.96. The molecule has 0 unspecified atom stereocenters. The predicted molar refractivity (Wildman–Crippen MR) is 93.5 cm³/mol. The summed E-state index contributed by atoms with van der Waals surface area (Å²) >= 11 is 8.68. The summed E-state index contributed by atoms with van der Waals surface area (Å²) in [5.74, 6) is 1.71. The van der Waals surface area contributed by atoms with Gasteiger partial charge in [0.1, 0.15) is 5.82 Å². The Labute approximate surface area is 140 Å². The van der Waals surface area contributed by atoms with Crippen LogP contribution in [0, 0.1) is 0 Å². The zero-order valence-corrected chi connectivity index (χ0v) is 15.5. The molecule has 0 bridgehead atoms. The molecular formula is C14H17Br2N3S. The zero-order valence-electron chi connectivity index (χ0n) is 11.5. The van der Waals surface area contributed by atoms with Gasteiger partial charge < -0.3 is 5.32 Å². The van der Waals surface area contributed by atoms with Gasteiger partial charge in [-0.1, -0.05) is 20.3 Å². The van der Waals surface area contributed by atoms with Gasteiger partial charge in [-0.05, 0) is 50.8 Å². The molecule has 2 heterocycles. The van der Waals surface area contributed by atoms with Crippen molar-refractivity contribution >= 4 is 49.0 Å². The van der Waals surface area contributed by atoms with Gasteiger partial charge in [-0.25, -0.2) is 9.97 Å². The maximum atomic E-state index is 4.67. The number of aryl methyl sites for hydroxylation is 1. The van der Waals surface area contributed by atoms with E-state index >= 15 is 0 Å². The van der Waals surface area contributed by atoms with E-state index in [9.17, 15) is 0 Å². The lowest BCUT2D eigenvalue weighted by Crippen LogP contribution is -2.05. The van der Waals surface area contributed by atoms with Crippen LogP contribution in [0.1, 0.15) is 32.4 Å². The summed E-state index contributed by atoms with van der Waals surface area (Å²) < 4.78 is 2.12. The lowest BCUT2D eigenvalue weighted by atomic mass is 10.2. The molecule has 0 saturated carbocycles. The minimum atomic E-state index is 0.797. The van der Waals surface area contributed by atoms with Crippen LogP contribution in [0.25, 0.3) is 10.7 Å². The molecule has 0 aromatic carbocycles. The maximum absolute atomic E-state index is 4.67. The van der Waals surface area contributed by atoms with Crippen LogP contribution in [0.4, 0.5) is 5.82 Å². The summed E-state index contributed by atoms with van der Waals surface area (Å²) in [5, 5.41) is 3.35. The highest BCUT2D eigenvalue weighted by molar-refractivity contribution is 9.13. The first-order valence-electron chi connectivity index (χ1n) is 6.71. The highest BCUT2D eigenvalue weighted by atomic mass is 79.9. The Morgan fingerprint density at radius 1 is 1.15 bits per heavy atom. The highest BCUT2D eigenvalue weighted by Crippen LogP contribution is 2.37. The van der Waals surface area contributed by atoms with E-state index < -0.39 is 0 Å². The summed E-state index contributed by atoms with van der Waals surface area (Å²) in [7, 11) is 0. The summed E-state index contributed by atoms with van der Waals surface area (Å²) in [6.07, 6.45) is 3.14. The van der Waals surface area contributed by atoms with Crippen LogP contribution >= 0.6 is 43.2 Å². The molecule has 0 amide bonds. The Kier molecular flexibility index (Phi) is 5.99. The zero-order chi connectivity index (χ0) is 14.5. The Bertz CT molecular complexity index is 564. The quantitative estimate of drug-likeness (QED) is 0.672. The van der Waals surface area contributed by atoms with Crippen LogP contribution in [-0.2, 0) is 6.42 Å². The summed E-state index contributed by atoms with van der Waals surface area (Å²) in [5.41, 5.74) is 1.09. The van der Waals surface area contributed by atoms with Gasteiger partial charge in [-0.2, -0.15) is 0 Å². The van der Waals surface area contributed by atoms with Crippen molar-refractivity contribution < 1.29 is 0 Å². The fraction of sp³-hybridized carbons (Fsp3) is 0.429. The summed E-state index contributed by atoms with van der Waals surface area (Å²) in [6, 6.07) is 4.11. The summed E-state index contributed by atoms with van der Waals surface area (Å²) in [4.78, 5) is 10.4. The number of nitrogens with zero attached hydrogens (tertiary/aromatic N) is 2. The van der Waals surface area contributed by atoms with Crippen LogP contribution in [0.5, 0.6) is 0 Å². The topological polar surface area (TPSA) is 37.8 Å². The van der Waals surface area contributed by atoms with E-state index in [1.165, 1.54) is 0 Å². The molecule has 0 aliphatic heterocycles. The van der Waals surface area contributed by atoms with Gasteiger partial charge in [0.2, 0.25) is 0 Å². The second kappa shape index (κ2) is 7.52. The van der Waals surface area contributed by atoms with Crippen molar-refractivity contribution in [2.24, 2.45) is 0 Å². The Balaban J connectivity index is 2.37. The molecule has 0 fully saturated rings. The number of rotatable bonds is 6. The van der Waals surface area contributed by atoms with E-state index in [2.05, 4.69) is 73.1 Å². The summed E-state index contributed by atoms with van der Waals surface area (Å²) in [6.45, 7) is 5.24. The number of nitrogens with one attached hydrogen (secondary N) is 1. The molecule has 0 aliphatic carbocycles. The lowest BCUT2D eigenvalue weighted by Gasteiger charge is -2.08. The maximum Gasteiger partial charge on any atom is 0.171 e. The lowest BCUT2D eigenvalue weighted by molar-refractivity contribution is 0.873. The van der Waals surface area contributed by atoms with Gasteiger partial charge in [0.15, 0.2) is 5.82 Å². The van der Waals surface area contributed by atoms with E-state index in [1.54, 1.807) is 11.3 Å². The second-order valence-electron chi connectivity index (χ2n) is 4.48. The van der Waals surface area contributed by atoms with E-state index in [4.69, 9.17) is 0 Å². The van der Waals surface area contributed by atoms with Gasteiger partial charge in [-0.15, -0.1) is 11.3 Å². The number of thiophene rings is 1. The van der Waals surface area contributed by atoms with Gasteiger partial charge in [0.05, 0.1) is 8.66 Å². The molecule has 20 heavy (non-hydrogen) atoms. The molecular weight excluding hydrogens is 402 g/mol. The number of halogens is 2. The Morgan fingerprint density at radius 2 is 1.95 bits per heavy atom. The van der Waals surface area contributed by atoms with Crippen molar-refractivity contribution in [2.45, 2.75) is 33.1 Å². The number of hydrogen-bond donors (Lipinski definition) is 1. The van der Waals surface area contributed by atoms with Gasteiger partial charge in [0, 0.05) is 22.8 Å². The van der Waals surface area contributed by atoms with Crippen molar-refractivity contribution in [3.05, 3.63) is 26.1 Å². The molecule has 2 aromatic rings. The average molecular weight is 419 g/mol. The van der Waals surface area contributed by atoms with Gasteiger partial charge >= 0.3 is 0 Å².